The number of nitrogens with one attached hydrogen (secondary N) is 1. The van der Waals surface area contributed by atoms with E-state index in [1.807, 2.05) is 31.2 Å². The molecule has 0 spiro atoms. The Morgan fingerprint density at radius 3 is 2.67 bits per heavy atom. The first-order valence-electron chi connectivity index (χ1n) is 9.03. The molecule has 2 aliphatic rings. The summed E-state index contributed by atoms with van der Waals surface area (Å²) in [6, 6.07) is 12.9. The van der Waals surface area contributed by atoms with E-state index in [0.29, 0.717) is 29.3 Å². The van der Waals surface area contributed by atoms with Crippen molar-refractivity contribution in [2.45, 2.75) is 32.2 Å². The molecule has 2 aromatic rings. The van der Waals surface area contributed by atoms with Gasteiger partial charge in [0, 0.05) is 16.8 Å². The molecule has 1 fully saturated rings. The van der Waals surface area contributed by atoms with Crippen LogP contribution in [0.1, 0.15) is 25.3 Å². The average molecular weight is 385 g/mol. The Kier molecular flexibility index (Phi) is 4.35. The van der Waals surface area contributed by atoms with Crippen molar-refractivity contribution in [3.05, 3.63) is 53.1 Å². The van der Waals surface area contributed by atoms with Crippen molar-refractivity contribution in [3.63, 3.8) is 0 Å². The van der Waals surface area contributed by atoms with Crippen molar-refractivity contribution in [1.29, 1.82) is 0 Å². The van der Waals surface area contributed by atoms with Crippen molar-refractivity contribution in [1.82, 2.24) is 0 Å². The molecule has 1 atom stereocenters. The van der Waals surface area contributed by atoms with E-state index < -0.39 is 5.41 Å². The van der Waals surface area contributed by atoms with Crippen LogP contribution in [0.15, 0.2) is 42.5 Å². The van der Waals surface area contributed by atoms with E-state index >= 15 is 0 Å². The lowest BCUT2D eigenvalue weighted by molar-refractivity contribution is -0.132. The van der Waals surface area contributed by atoms with Crippen LogP contribution in [0.4, 0.5) is 11.4 Å². The van der Waals surface area contributed by atoms with Gasteiger partial charge in [-0.05, 0) is 56.0 Å². The molecule has 1 aliphatic carbocycles. The van der Waals surface area contributed by atoms with Gasteiger partial charge >= 0.3 is 0 Å². The maximum atomic E-state index is 13.4. The van der Waals surface area contributed by atoms with Crippen LogP contribution in [0.25, 0.3) is 0 Å². The van der Waals surface area contributed by atoms with E-state index in [0.717, 1.165) is 17.7 Å². The number of hydrogen-bond donors (Lipinski definition) is 1. The number of fused-ring (bicyclic) bond motifs is 1. The number of para-hydroxylation sites is 1. The molecule has 1 saturated carbocycles. The summed E-state index contributed by atoms with van der Waals surface area (Å²) in [7, 11) is 1.53. The Hall–Kier alpha value is -2.53. The van der Waals surface area contributed by atoms with E-state index in [1.165, 1.54) is 7.11 Å². The molecular formula is C21H21ClN2O3. The van der Waals surface area contributed by atoms with Gasteiger partial charge < -0.3 is 15.0 Å². The van der Waals surface area contributed by atoms with Gasteiger partial charge in [0.2, 0.25) is 11.8 Å². The first-order valence-corrected chi connectivity index (χ1v) is 9.40. The van der Waals surface area contributed by atoms with Crippen molar-refractivity contribution in [2.24, 2.45) is 5.41 Å². The summed E-state index contributed by atoms with van der Waals surface area (Å²) >= 11 is 6.05. The second kappa shape index (κ2) is 6.57. The van der Waals surface area contributed by atoms with Gasteiger partial charge in [0.15, 0.2) is 0 Å². The number of benzene rings is 2. The molecule has 2 aromatic carbocycles. The molecule has 0 bridgehead atoms. The van der Waals surface area contributed by atoms with Gasteiger partial charge in [0.05, 0.1) is 12.8 Å². The third kappa shape index (κ3) is 2.96. The summed E-state index contributed by atoms with van der Waals surface area (Å²) in [5.41, 5.74) is 1.52. The van der Waals surface area contributed by atoms with Crippen molar-refractivity contribution < 1.29 is 14.3 Å². The largest absolute Gasteiger partial charge is 0.495 e. The highest BCUT2D eigenvalue weighted by atomic mass is 35.5. The number of ether oxygens (including phenoxy) is 1. The Morgan fingerprint density at radius 1 is 1.22 bits per heavy atom. The number of nitrogens with zero attached hydrogens (tertiary/aromatic N) is 1. The number of carbonyl (C=O) groups excluding carboxylic acids is 2. The minimum absolute atomic E-state index is 0.0425. The quantitative estimate of drug-likeness (QED) is 0.809. The van der Waals surface area contributed by atoms with Crippen molar-refractivity contribution in [2.75, 3.05) is 17.3 Å². The van der Waals surface area contributed by atoms with Gasteiger partial charge in [-0.25, -0.2) is 0 Å². The molecule has 1 N–H and O–H groups in total. The molecule has 0 aromatic heterocycles. The summed E-state index contributed by atoms with van der Waals surface area (Å²) in [6.45, 7) is 2.02. The van der Waals surface area contributed by atoms with Gasteiger partial charge in [-0.3, -0.25) is 9.59 Å². The number of rotatable bonds is 4. The number of methoxy groups -OCH3 is 1. The molecule has 2 amide bonds. The summed E-state index contributed by atoms with van der Waals surface area (Å²) in [5.74, 6) is 0.0824. The monoisotopic (exact) mass is 384 g/mol. The van der Waals surface area contributed by atoms with E-state index in [1.54, 1.807) is 23.1 Å². The van der Waals surface area contributed by atoms with Crippen LogP contribution in [-0.4, -0.2) is 25.0 Å². The van der Waals surface area contributed by atoms with E-state index in [4.69, 9.17) is 16.3 Å². The number of amides is 2. The summed E-state index contributed by atoms with van der Waals surface area (Å²) in [5, 5.41) is 3.34. The molecule has 6 heteroatoms. The first-order chi connectivity index (χ1) is 13.0. The van der Waals surface area contributed by atoms with Gasteiger partial charge in [-0.15, -0.1) is 0 Å². The first kappa shape index (κ1) is 17.9. The second-order valence-electron chi connectivity index (χ2n) is 7.24. The van der Waals surface area contributed by atoms with Gasteiger partial charge in [-0.1, -0.05) is 29.8 Å². The maximum absolute atomic E-state index is 13.4. The smallest absolute Gasteiger partial charge is 0.242 e. The lowest BCUT2D eigenvalue weighted by atomic mass is 10.0. The number of halogens is 1. The molecule has 1 aliphatic heterocycles. The van der Waals surface area contributed by atoms with Crippen LogP contribution in [0.3, 0.4) is 0 Å². The van der Waals surface area contributed by atoms with Gasteiger partial charge in [-0.2, -0.15) is 0 Å². The lowest BCUT2D eigenvalue weighted by Crippen LogP contribution is -2.45. The number of anilines is 2. The Balaban J connectivity index is 1.60. The van der Waals surface area contributed by atoms with Crippen molar-refractivity contribution in [3.8, 4) is 5.75 Å². The topological polar surface area (TPSA) is 58.6 Å². The van der Waals surface area contributed by atoms with E-state index in [9.17, 15) is 9.59 Å². The van der Waals surface area contributed by atoms with E-state index in [-0.39, 0.29) is 17.9 Å². The van der Waals surface area contributed by atoms with Crippen LogP contribution >= 0.6 is 11.6 Å². The second-order valence-corrected chi connectivity index (χ2v) is 7.67. The van der Waals surface area contributed by atoms with Crippen LogP contribution in [0, 0.1) is 5.41 Å². The molecule has 5 nitrogen and oxygen atoms in total. The van der Waals surface area contributed by atoms with Gasteiger partial charge in [0.25, 0.3) is 0 Å². The Morgan fingerprint density at radius 2 is 1.96 bits per heavy atom. The fourth-order valence-corrected chi connectivity index (χ4v) is 3.96. The van der Waals surface area contributed by atoms with Crippen LogP contribution in [0.2, 0.25) is 5.02 Å². The molecule has 27 heavy (non-hydrogen) atoms. The third-order valence-electron chi connectivity index (χ3n) is 5.43. The zero-order valence-corrected chi connectivity index (χ0v) is 16.0. The highest BCUT2D eigenvalue weighted by molar-refractivity contribution is 6.31. The lowest BCUT2D eigenvalue weighted by Gasteiger charge is -2.27. The molecule has 0 radical (unpaired) electrons. The summed E-state index contributed by atoms with van der Waals surface area (Å²) in [6.07, 6.45) is 1.90. The fraction of sp³-hybridized carbons (Fsp3) is 0.333. The molecule has 1 heterocycles. The maximum Gasteiger partial charge on any atom is 0.242 e. The van der Waals surface area contributed by atoms with Crippen molar-refractivity contribution >= 4 is 34.8 Å². The van der Waals surface area contributed by atoms with Crippen LogP contribution in [-0.2, 0) is 16.0 Å². The third-order valence-corrected chi connectivity index (χ3v) is 5.66. The average Bonchev–Trinajstić information content (AvgIpc) is 3.39. The standard InChI is InChI=1S/C21H21ClN2O3/c1-13-11-14-5-3-4-6-17(14)24(13)20(26)21(9-10-21)19(25)23-16-12-15(22)7-8-18(16)27-2/h3-8,12-13H,9-11H2,1-2H3,(H,23,25). The van der Waals surface area contributed by atoms with Crippen LogP contribution in [0.5, 0.6) is 5.75 Å². The molecule has 140 valence electrons. The predicted molar refractivity (Wildman–Crippen MR) is 105 cm³/mol. The SMILES string of the molecule is COc1ccc(Cl)cc1NC(=O)C1(C(=O)N2c3ccccc3CC2C)CC1. The molecule has 4 rings (SSSR count). The fourth-order valence-electron chi connectivity index (χ4n) is 3.79. The highest BCUT2D eigenvalue weighted by Gasteiger charge is 2.59. The zero-order chi connectivity index (χ0) is 19.2. The molecule has 1 unspecified atom stereocenters. The number of carbonyl (C=O) groups is 2. The minimum Gasteiger partial charge on any atom is -0.495 e. The predicted octanol–water partition coefficient (Wildman–Crippen LogP) is 4.05. The van der Waals surface area contributed by atoms with Crippen LogP contribution < -0.4 is 15.0 Å². The summed E-state index contributed by atoms with van der Waals surface area (Å²) < 4.78 is 5.29. The normalized spacial score (nSPS) is 19.4. The summed E-state index contributed by atoms with van der Waals surface area (Å²) in [4.78, 5) is 28.2. The Bertz CT molecular complexity index is 923. The molecular weight excluding hydrogens is 364 g/mol. The van der Waals surface area contributed by atoms with Gasteiger partial charge in [0.1, 0.15) is 11.2 Å². The highest BCUT2D eigenvalue weighted by Crippen LogP contribution is 2.50. The number of hydrogen-bond acceptors (Lipinski definition) is 3. The zero-order valence-electron chi connectivity index (χ0n) is 15.3. The molecule has 0 saturated heterocycles. The Labute approximate surface area is 163 Å². The van der Waals surface area contributed by atoms with E-state index in [2.05, 4.69) is 5.32 Å². The minimum atomic E-state index is -1.01.